The lowest BCUT2D eigenvalue weighted by Crippen LogP contribution is -2.59. The summed E-state index contributed by atoms with van der Waals surface area (Å²) in [7, 11) is -3.54. The van der Waals surface area contributed by atoms with Crippen LogP contribution in [0.5, 0.6) is 0 Å². The first-order chi connectivity index (χ1) is 17.3. The van der Waals surface area contributed by atoms with E-state index in [1.165, 1.54) is 4.31 Å². The topological polar surface area (TPSA) is 143 Å². The van der Waals surface area contributed by atoms with Crippen LogP contribution in [0, 0.1) is 31.1 Å². The molecule has 3 aliphatic rings. The highest BCUT2D eigenvalue weighted by Crippen LogP contribution is 2.41. The summed E-state index contributed by atoms with van der Waals surface area (Å²) in [5.74, 6) is 1.86. The highest BCUT2D eigenvalue weighted by Gasteiger charge is 2.51. The summed E-state index contributed by atoms with van der Waals surface area (Å²) in [6.07, 6.45) is 4.97. The van der Waals surface area contributed by atoms with Gasteiger partial charge in [0.15, 0.2) is 5.82 Å². The number of anilines is 3. The Balaban J connectivity index is 1.24. The molecule has 3 aromatic rings. The molecule has 1 unspecified atom stereocenters. The average molecular weight is 508 g/mol. The zero-order valence-corrected chi connectivity index (χ0v) is 21.1. The lowest BCUT2D eigenvalue weighted by atomic mass is 9.99. The van der Waals surface area contributed by atoms with Gasteiger partial charge >= 0.3 is 0 Å². The van der Waals surface area contributed by atoms with Crippen molar-refractivity contribution in [3.8, 4) is 6.07 Å². The third kappa shape index (κ3) is 4.07. The quantitative estimate of drug-likeness (QED) is 0.462. The minimum Gasteiger partial charge on any atom is -0.367 e. The maximum absolute atomic E-state index is 13.3. The maximum atomic E-state index is 13.3. The molecular weight excluding hydrogens is 478 g/mol. The second-order valence-corrected chi connectivity index (χ2v) is 12.0. The first-order valence-electron chi connectivity index (χ1n) is 12.3. The summed E-state index contributed by atoms with van der Waals surface area (Å²) >= 11 is 0. The van der Waals surface area contributed by atoms with Crippen LogP contribution >= 0.6 is 0 Å². The van der Waals surface area contributed by atoms with Crippen LogP contribution in [0.2, 0.25) is 0 Å². The van der Waals surface area contributed by atoms with Gasteiger partial charge in [-0.3, -0.25) is 10.1 Å². The minimum atomic E-state index is -3.54. The molecule has 6 rings (SSSR count). The first-order valence-corrected chi connectivity index (χ1v) is 13.7. The van der Waals surface area contributed by atoms with Gasteiger partial charge in [-0.1, -0.05) is 0 Å². The van der Waals surface area contributed by atoms with E-state index >= 15 is 0 Å². The predicted molar refractivity (Wildman–Crippen MR) is 136 cm³/mol. The van der Waals surface area contributed by atoms with Crippen molar-refractivity contribution in [3.63, 3.8) is 0 Å². The summed E-state index contributed by atoms with van der Waals surface area (Å²) in [5, 5.41) is 24.0. The number of nitrogens with zero attached hydrogens (tertiary/aromatic N) is 6. The fourth-order valence-corrected chi connectivity index (χ4v) is 7.82. The summed E-state index contributed by atoms with van der Waals surface area (Å²) in [4.78, 5) is 9.47. The second-order valence-electron chi connectivity index (χ2n) is 10.2. The fourth-order valence-electron chi connectivity index (χ4n) is 5.68. The van der Waals surface area contributed by atoms with E-state index in [9.17, 15) is 8.42 Å². The van der Waals surface area contributed by atoms with E-state index in [2.05, 4.69) is 38.0 Å². The Hall–Kier alpha value is -3.27. The van der Waals surface area contributed by atoms with E-state index in [0.29, 0.717) is 37.6 Å². The summed E-state index contributed by atoms with van der Waals surface area (Å²) < 4.78 is 29.7. The highest BCUT2D eigenvalue weighted by atomic mass is 32.2. The molecule has 6 heterocycles. The molecule has 188 valence electrons. The molecule has 11 nitrogen and oxygen atoms in total. The van der Waals surface area contributed by atoms with E-state index in [1.807, 2.05) is 32.2 Å². The number of hydrogen-bond acceptors (Lipinski definition) is 8. The Morgan fingerprint density at radius 2 is 1.86 bits per heavy atom. The number of hydrogen-bond donors (Lipinski definition) is 3. The molecule has 3 aromatic heterocycles. The number of piperidine rings is 1. The molecule has 0 amide bonds. The second kappa shape index (κ2) is 8.69. The third-order valence-corrected chi connectivity index (χ3v) is 9.49. The monoisotopic (exact) mass is 507 g/mol. The Morgan fingerprint density at radius 1 is 1.11 bits per heavy atom. The van der Waals surface area contributed by atoms with E-state index in [-0.39, 0.29) is 24.0 Å². The van der Waals surface area contributed by atoms with Crippen LogP contribution in [0.1, 0.15) is 36.9 Å². The van der Waals surface area contributed by atoms with Gasteiger partial charge in [0.1, 0.15) is 11.6 Å². The summed E-state index contributed by atoms with van der Waals surface area (Å²) in [5.41, 5.74) is 2.81. The minimum absolute atomic E-state index is 0.0492. The van der Waals surface area contributed by atoms with Crippen LogP contribution in [0.15, 0.2) is 24.4 Å². The largest absolute Gasteiger partial charge is 0.367 e. The molecule has 0 aromatic carbocycles. The van der Waals surface area contributed by atoms with E-state index in [0.717, 1.165) is 40.8 Å². The smallest absolute Gasteiger partial charge is 0.282 e. The van der Waals surface area contributed by atoms with Gasteiger partial charge in [-0.2, -0.15) is 27.4 Å². The van der Waals surface area contributed by atoms with Crippen LogP contribution < -0.4 is 10.6 Å². The van der Waals surface area contributed by atoms with Crippen molar-refractivity contribution >= 4 is 38.6 Å². The summed E-state index contributed by atoms with van der Waals surface area (Å²) in [6, 6.07) is 8.05. The number of aromatic nitrogens is 4. The number of fused-ring (bicyclic) bond motifs is 3. The number of rotatable bonds is 6. The van der Waals surface area contributed by atoms with Crippen LogP contribution in [0.4, 0.5) is 17.5 Å². The van der Waals surface area contributed by atoms with E-state index in [1.54, 1.807) is 4.31 Å². The lowest BCUT2D eigenvalue weighted by molar-refractivity contribution is 0.182. The lowest BCUT2D eigenvalue weighted by Gasteiger charge is -2.44. The fraction of sp³-hybridized carbons (Fsp3) is 0.500. The summed E-state index contributed by atoms with van der Waals surface area (Å²) in [6.45, 7) is 4.54. The molecule has 0 spiro atoms. The van der Waals surface area contributed by atoms with Gasteiger partial charge in [-0.15, -0.1) is 0 Å². The molecule has 3 saturated heterocycles. The number of H-pyrrole nitrogens is 1. The Bertz CT molecular complexity index is 1440. The van der Waals surface area contributed by atoms with Gasteiger partial charge in [0.05, 0.1) is 17.5 Å². The third-order valence-electron chi connectivity index (χ3n) is 7.41. The number of aryl methyl sites for hydroxylation is 2. The molecule has 2 bridgehead atoms. The van der Waals surface area contributed by atoms with Crippen LogP contribution in [0.3, 0.4) is 0 Å². The molecular formula is C24H29N9O2S. The van der Waals surface area contributed by atoms with Gasteiger partial charge < -0.3 is 10.6 Å². The molecule has 3 aliphatic heterocycles. The molecule has 0 saturated carbocycles. The van der Waals surface area contributed by atoms with Gasteiger partial charge in [-0.25, -0.2) is 4.98 Å². The Kier molecular flexibility index (Phi) is 5.59. The van der Waals surface area contributed by atoms with Gasteiger partial charge in [0.25, 0.3) is 10.2 Å². The zero-order chi connectivity index (χ0) is 25.0. The SMILES string of the molecule is Cc1cnc2cc(Nc3cc(C)[nH]n3)nc(NC3C[C@H]4CC[C@@H](C3)N4S(=O)(=O)N3CC(C#N)C3)c2c1. The standard InChI is InChI=1S/C24H29N9O2S/c1-14-5-20-21(26-11-14)9-22(28-23-6-15(2)30-31-23)29-24(20)27-17-7-18-3-4-19(8-17)33(18)36(34,35)32-12-16(10-25)13-32/h5-6,9,11,16-19H,3-4,7-8,12-13H2,1-2H3,(H3,27,28,29,30,31)/t17?,18-,19+. The molecule has 12 heteroatoms. The molecule has 3 N–H and O–H groups in total. The van der Waals surface area contributed by atoms with E-state index in [4.69, 9.17) is 10.2 Å². The zero-order valence-electron chi connectivity index (χ0n) is 20.3. The van der Waals surface area contributed by atoms with Crippen molar-refractivity contribution in [2.45, 2.75) is 57.7 Å². The van der Waals surface area contributed by atoms with Crippen LogP contribution in [-0.4, -0.2) is 68.4 Å². The van der Waals surface area contributed by atoms with Crippen molar-refractivity contribution < 1.29 is 8.42 Å². The van der Waals surface area contributed by atoms with Crippen molar-refractivity contribution in [1.29, 1.82) is 5.26 Å². The number of nitrogens with one attached hydrogen (secondary N) is 3. The normalized spacial score (nSPS) is 25.0. The van der Waals surface area contributed by atoms with Gasteiger partial charge in [0.2, 0.25) is 0 Å². The molecule has 0 aliphatic carbocycles. The maximum Gasteiger partial charge on any atom is 0.282 e. The van der Waals surface area contributed by atoms with Crippen molar-refractivity contribution in [3.05, 3.63) is 35.7 Å². The molecule has 0 radical (unpaired) electrons. The molecule has 3 atom stereocenters. The van der Waals surface area contributed by atoms with Crippen molar-refractivity contribution in [2.75, 3.05) is 23.7 Å². The van der Waals surface area contributed by atoms with Crippen LogP contribution in [-0.2, 0) is 10.2 Å². The molecule has 36 heavy (non-hydrogen) atoms. The van der Waals surface area contributed by atoms with Crippen molar-refractivity contribution in [2.24, 2.45) is 5.92 Å². The number of aromatic amines is 1. The predicted octanol–water partition coefficient (Wildman–Crippen LogP) is 2.82. The van der Waals surface area contributed by atoms with Gasteiger partial charge in [0, 0.05) is 60.6 Å². The average Bonchev–Trinajstić information content (AvgIpc) is 3.33. The molecule has 3 fully saturated rings. The number of nitriles is 1. The Labute approximate surface area is 210 Å². The number of pyridine rings is 2. The first kappa shape index (κ1) is 23.1. The van der Waals surface area contributed by atoms with Crippen molar-refractivity contribution in [1.82, 2.24) is 28.8 Å². The Morgan fingerprint density at radius 3 is 2.53 bits per heavy atom. The highest BCUT2D eigenvalue weighted by molar-refractivity contribution is 7.86. The van der Waals surface area contributed by atoms with Crippen LogP contribution in [0.25, 0.3) is 10.9 Å². The van der Waals surface area contributed by atoms with Gasteiger partial charge in [-0.05, 0) is 51.2 Å². The van der Waals surface area contributed by atoms with E-state index < -0.39 is 10.2 Å².